The Morgan fingerprint density at radius 1 is 1.12 bits per heavy atom. The number of nitrogens with one attached hydrogen (secondary N) is 2. The first kappa shape index (κ1) is 20.0. The Morgan fingerprint density at radius 2 is 1.65 bits per heavy atom. The quantitative estimate of drug-likeness (QED) is 0.789. The first-order valence-corrected chi connectivity index (χ1v) is 8.95. The number of rotatable bonds is 4. The summed E-state index contributed by atoms with van der Waals surface area (Å²) in [5.41, 5.74) is -1.06. The van der Waals surface area contributed by atoms with Gasteiger partial charge in [-0.15, -0.1) is 0 Å². The Hall–Kier alpha value is -2.33. The van der Waals surface area contributed by atoms with Crippen molar-refractivity contribution in [1.82, 2.24) is 9.71 Å². The average Bonchev–Trinajstić information content (AvgIpc) is 2.99. The van der Waals surface area contributed by atoms with Gasteiger partial charge in [0, 0.05) is 36.6 Å². The fourth-order valence-corrected chi connectivity index (χ4v) is 3.56. The van der Waals surface area contributed by atoms with Crippen LogP contribution in [-0.2, 0) is 10.0 Å². The SMILES string of the molecule is CN(C(=O)c1cc(S(=O)(=O)NC(C)(C)C)c[nH]1)c1cc(F)c(F)c(F)c1. The molecule has 0 unspecified atom stereocenters. The normalized spacial score (nSPS) is 12.3. The van der Waals surface area contributed by atoms with E-state index in [0.29, 0.717) is 12.1 Å². The molecule has 1 heterocycles. The minimum absolute atomic E-state index is 0.119. The first-order chi connectivity index (χ1) is 11.8. The molecule has 0 saturated carbocycles. The number of carbonyl (C=O) groups excluding carboxylic acids is 1. The minimum Gasteiger partial charge on any atom is -0.356 e. The highest BCUT2D eigenvalue weighted by atomic mass is 32.2. The Kier molecular flexibility index (Phi) is 5.20. The molecule has 10 heteroatoms. The standard InChI is InChI=1S/C16H18F3N3O3S/c1-16(2,3)21-26(24,25)10-7-13(20-8-10)15(23)22(4)9-5-11(17)14(19)12(18)6-9/h5-8,20-21H,1-4H3. The van der Waals surface area contributed by atoms with E-state index in [1.807, 2.05) is 0 Å². The number of aromatic amines is 1. The van der Waals surface area contributed by atoms with Crippen molar-refractivity contribution < 1.29 is 26.4 Å². The maximum absolute atomic E-state index is 13.3. The number of hydrogen-bond donors (Lipinski definition) is 2. The van der Waals surface area contributed by atoms with Crippen LogP contribution >= 0.6 is 0 Å². The highest BCUT2D eigenvalue weighted by molar-refractivity contribution is 7.89. The molecule has 0 spiro atoms. The zero-order valence-corrected chi connectivity index (χ0v) is 15.3. The highest BCUT2D eigenvalue weighted by Crippen LogP contribution is 2.22. The van der Waals surface area contributed by atoms with Gasteiger partial charge in [0.25, 0.3) is 5.91 Å². The molecule has 0 bridgehead atoms. The van der Waals surface area contributed by atoms with E-state index in [2.05, 4.69) is 9.71 Å². The Balaban J connectivity index is 2.30. The number of amides is 1. The van der Waals surface area contributed by atoms with E-state index in [1.165, 1.54) is 7.05 Å². The Bertz CT molecular complexity index is 926. The number of nitrogens with zero attached hydrogens (tertiary/aromatic N) is 1. The van der Waals surface area contributed by atoms with Crippen LogP contribution in [0.25, 0.3) is 0 Å². The van der Waals surface area contributed by atoms with Gasteiger partial charge in [-0.1, -0.05) is 0 Å². The molecule has 2 aromatic rings. The summed E-state index contributed by atoms with van der Waals surface area (Å²) in [6, 6.07) is 2.43. The second-order valence-corrected chi connectivity index (χ2v) is 8.37. The molecule has 142 valence electrons. The van der Waals surface area contributed by atoms with E-state index in [0.717, 1.165) is 17.2 Å². The van der Waals surface area contributed by atoms with Crippen molar-refractivity contribution in [2.45, 2.75) is 31.2 Å². The summed E-state index contributed by atoms with van der Waals surface area (Å²) in [5, 5.41) is 0. The van der Waals surface area contributed by atoms with Crippen molar-refractivity contribution in [2.24, 2.45) is 0 Å². The Morgan fingerprint density at radius 3 is 2.15 bits per heavy atom. The monoisotopic (exact) mass is 389 g/mol. The summed E-state index contributed by atoms with van der Waals surface area (Å²) in [5.74, 6) is -5.28. The van der Waals surface area contributed by atoms with Gasteiger partial charge in [-0.3, -0.25) is 4.79 Å². The number of halogens is 3. The number of sulfonamides is 1. The molecule has 1 aromatic heterocycles. The van der Waals surface area contributed by atoms with Gasteiger partial charge in [0.1, 0.15) is 10.6 Å². The molecule has 0 saturated heterocycles. The lowest BCUT2D eigenvalue weighted by molar-refractivity contribution is 0.0988. The number of anilines is 1. The van der Waals surface area contributed by atoms with E-state index in [9.17, 15) is 26.4 Å². The summed E-state index contributed by atoms with van der Waals surface area (Å²) < 4.78 is 66.6. The third kappa shape index (κ3) is 4.25. The van der Waals surface area contributed by atoms with Gasteiger partial charge < -0.3 is 9.88 Å². The highest BCUT2D eigenvalue weighted by Gasteiger charge is 2.25. The average molecular weight is 389 g/mol. The van der Waals surface area contributed by atoms with Gasteiger partial charge in [0.05, 0.1) is 0 Å². The molecule has 2 N–H and O–H groups in total. The second kappa shape index (κ2) is 6.76. The molecular formula is C16H18F3N3O3S. The van der Waals surface area contributed by atoms with Gasteiger partial charge in [-0.2, -0.15) is 0 Å². The van der Waals surface area contributed by atoms with Crippen LogP contribution in [0.5, 0.6) is 0 Å². The van der Waals surface area contributed by atoms with Crippen molar-refractivity contribution in [2.75, 3.05) is 11.9 Å². The van der Waals surface area contributed by atoms with Crippen molar-refractivity contribution in [3.05, 3.63) is 47.5 Å². The van der Waals surface area contributed by atoms with E-state index in [-0.39, 0.29) is 16.3 Å². The fourth-order valence-electron chi connectivity index (χ4n) is 2.15. The van der Waals surface area contributed by atoms with Crippen molar-refractivity contribution >= 4 is 21.6 Å². The molecule has 0 aliphatic rings. The molecule has 6 nitrogen and oxygen atoms in total. The summed E-state index contributed by atoms with van der Waals surface area (Å²) in [7, 11) is -2.64. The smallest absolute Gasteiger partial charge is 0.274 e. The molecule has 0 aliphatic heterocycles. The van der Waals surface area contributed by atoms with E-state index < -0.39 is 38.9 Å². The van der Waals surface area contributed by atoms with Crippen LogP contribution in [-0.4, -0.2) is 31.9 Å². The van der Waals surface area contributed by atoms with E-state index >= 15 is 0 Å². The fraction of sp³-hybridized carbons (Fsp3) is 0.312. The number of benzene rings is 1. The van der Waals surface area contributed by atoms with Gasteiger partial charge in [-0.25, -0.2) is 26.3 Å². The lowest BCUT2D eigenvalue weighted by Gasteiger charge is -2.19. The van der Waals surface area contributed by atoms with Crippen LogP contribution in [0.15, 0.2) is 29.3 Å². The molecule has 26 heavy (non-hydrogen) atoms. The molecule has 0 radical (unpaired) electrons. The van der Waals surface area contributed by atoms with Crippen LogP contribution < -0.4 is 9.62 Å². The van der Waals surface area contributed by atoms with Crippen LogP contribution in [0.4, 0.5) is 18.9 Å². The second-order valence-electron chi connectivity index (χ2n) is 6.69. The van der Waals surface area contributed by atoms with Crippen LogP contribution in [0.1, 0.15) is 31.3 Å². The van der Waals surface area contributed by atoms with E-state index in [4.69, 9.17) is 0 Å². The van der Waals surface area contributed by atoms with E-state index in [1.54, 1.807) is 20.8 Å². The zero-order valence-electron chi connectivity index (χ0n) is 14.5. The topological polar surface area (TPSA) is 82.3 Å². The van der Waals surface area contributed by atoms with Crippen molar-refractivity contribution in [1.29, 1.82) is 0 Å². The van der Waals surface area contributed by atoms with Crippen molar-refractivity contribution in [3.63, 3.8) is 0 Å². The number of aromatic nitrogens is 1. The van der Waals surface area contributed by atoms with Gasteiger partial charge in [-0.05, 0) is 26.8 Å². The van der Waals surface area contributed by atoms with Crippen LogP contribution in [0.3, 0.4) is 0 Å². The van der Waals surface area contributed by atoms with Gasteiger partial charge in [0.15, 0.2) is 17.5 Å². The Labute approximate surface area is 149 Å². The zero-order chi connectivity index (χ0) is 19.9. The summed E-state index contributed by atoms with van der Waals surface area (Å²) in [6.45, 7) is 4.98. The molecule has 0 aliphatic carbocycles. The summed E-state index contributed by atoms with van der Waals surface area (Å²) in [4.78, 5) is 15.6. The van der Waals surface area contributed by atoms with Gasteiger partial charge in [0.2, 0.25) is 10.0 Å². The maximum atomic E-state index is 13.3. The predicted molar refractivity (Wildman–Crippen MR) is 89.9 cm³/mol. The predicted octanol–water partition coefficient (Wildman–Crippen LogP) is 2.79. The number of H-pyrrole nitrogens is 1. The minimum atomic E-state index is -3.86. The largest absolute Gasteiger partial charge is 0.356 e. The third-order valence-electron chi connectivity index (χ3n) is 3.30. The lowest BCUT2D eigenvalue weighted by atomic mass is 10.1. The lowest BCUT2D eigenvalue weighted by Crippen LogP contribution is -2.40. The number of hydrogen-bond acceptors (Lipinski definition) is 3. The van der Waals surface area contributed by atoms with Crippen molar-refractivity contribution in [3.8, 4) is 0 Å². The van der Waals surface area contributed by atoms with Crippen LogP contribution in [0.2, 0.25) is 0 Å². The third-order valence-corrected chi connectivity index (χ3v) is 5.04. The molecule has 0 fully saturated rings. The molecule has 1 aromatic carbocycles. The first-order valence-electron chi connectivity index (χ1n) is 7.47. The molecule has 0 atom stereocenters. The molecular weight excluding hydrogens is 371 g/mol. The van der Waals surface area contributed by atoms with Crippen LogP contribution in [0, 0.1) is 17.5 Å². The number of carbonyl (C=O) groups is 1. The summed E-state index contributed by atoms with van der Waals surface area (Å²) in [6.07, 6.45) is 1.13. The molecule has 2 rings (SSSR count). The van der Waals surface area contributed by atoms with Gasteiger partial charge >= 0.3 is 0 Å². The maximum Gasteiger partial charge on any atom is 0.274 e. The molecule has 1 amide bonds. The summed E-state index contributed by atoms with van der Waals surface area (Å²) >= 11 is 0.